The summed E-state index contributed by atoms with van der Waals surface area (Å²) in [6.07, 6.45) is 3.97. The molecule has 3 aromatic rings. The highest BCUT2D eigenvalue weighted by molar-refractivity contribution is 6.30. The monoisotopic (exact) mass is 723 g/mol. The van der Waals surface area contributed by atoms with Gasteiger partial charge in [0.05, 0.1) is 5.69 Å². The molecule has 3 atom stereocenters. The molecule has 12 heteroatoms. The summed E-state index contributed by atoms with van der Waals surface area (Å²) in [5, 5.41) is 10.7. The lowest BCUT2D eigenvalue weighted by atomic mass is 9.92. The molecule has 8 nitrogen and oxygen atoms in total. The lowest BCUT2D eigenvalue weighted by molar-refractivity contribution is -0.136. The standard InChI is InChI=1S/C35H42ClN5O3.3ClH/c36-27-13-11-25(12-14-27)22-31(39-34(42)23-30-29-8-2-1-6-26(29)15-17-38-30)35(43)41-20-18-40(19-21-41)32-9-3-4-10-33(32)44-28-7-5-16-37-24-28;;;/h1-4,6,8-14,28,30-31,37-38H,5,7,15-24H2,(H,39,42);3*1H/t28-,30?,31-;;;/m1.../s1. The van der Waals surface area contributed by atoms with Gasteiger partial charge in [-0.2, -0.15) is 0 Å². The summed E-state index contributed by atoms with van der Waals surface area (Å²) in [7, 11) is 0. The van der Waals surface area contributed by atoms with Crippen molar-refractivity contribution in [3.63, 3.8) is 0 Å². The molecule has 0 radical (unpaired) electrons. The van der Waals surface area contributed by atoms with Crippen LogP contribution in [0.5, 0.6) is 5.75 Å². The molecule has 6 rings (SSSR count). The van der Waals surface area contributed by atoms with Gasteiger partial charge in [0.15, 0.2) is 0 Å². The zero-order chi connectivity index (χ0) is 30.3. The summed E-state index contributed by atoms with van der Waals surface area (Å²) < 4.78 is 6.41. The summed E-state index contributed by atoms with van der Waals surface area (Å²) in [4.78, 5) is 31.6. The van der Waals surface area contributed by atoms with Gasteiger partial charge in [-0.15, -0.1) is 37.2 Å². The maximum atomic E-state index is 14.0. The second kappa shape index (κ2) is 18.7. The molecule has 0 spiro atoms. The van der Waals surface area contributed by atoms with E-state index in [-0.39, 0.29) is 67.6 Å². The first-order valence-electron chi connectivity index (χ1n) is 15.9. The molecule has 3 aromatic carbocycles. The van der Waals surface area contributed by atoms with Crippen molar-refractivity contribution < 1.29 is 14.3 Å². The highest BCUT2D eigenvalue weighted by Crippen LogP contribution is 2.31. The highest BCUT2D eigenvalue weighted by Gasteiger charge is 2.31. The van der Waals surface area contributed by atoms with Crippen LogP contribution in [0.1, 0.15) is 42.0 Å². The summed E-state index contributed by atoms with van der Waals surface area (Å²) in [6, 6.07) is 23.2. The third-order valence-electron chi connectivity index (χ3n) is 8.93. The normalized spacial score (nSPS) is 19.5. The van der Waals surface area contributed by atoms with Crippen molar-refractivity contribution in [1.29, 1.82) is 0 Å². The van der Waals surface area contributed by atoms with Gasteiger partial charge in [0.2, 0.25) is 11.8 Å². The van der Waals surface area contributed by atoms with Crippen molar-refractivity contribution in [2.75, 3.05) is 50.7 Å². The van der Waals surface area contributed by atoms with Crippen LogP contribution in [-0.4, -0.2) is 74.7 Å². The quantitative estimate of drug-likeness (QED) is 0.275. The third kappa shape index (κ3) is 10.1. The van der Waals surface area contributed by atoms with E-state index in [1.165, 1.54) is 5.56 Å². The maximum Gasteiger partial charge on any atom is 0.245 e. The minimum Gasteiger partial charge on any atom is -0.487 e. The Morgan fingerprint density at radius 2 is 1.64 bits per heavy atom. The lowest BCUT2D eigenvalue weighted by Crippen LogP contribution is -2.56. The van der Waals surface area contributed by atoms with Gasteiger partial charge in [-0.1, -0.05) is 60.1 Å². The van der Waals surface area contributed by atoms with Crippen molar-refractivity contribution >= 4 is 66.3 Å². The number of nitrogens with zero attached hydrogens (tertiary/aromatic N) is 2. The third-order valence-corrected chi connectivity index (χ3v) is 9.19. The average molecular weight is 726 g/mol. The number of anilines is 1. The molecule has 3 aliphatic heterocycles. The molecule has 2 amide bonds. The number of ether oxygens (including phenoxy) is 1. The molecule has 2 saturated heterocycles. The van der Waals surface area contributed by atoms with Crippen molar-refractivity contribution in [2.45, 2.75) is 50.3 Å². The van der Waals surface area contributed by atoms with Gasteiger partial charge < -0.3 is 30.5 Å². The van der Waals surface area contributed by atoms with Crippen molar-refractivity contribution in [3.8, 4) is 5.75 Å². The first-order valence-corrected chi connectivity index (χ1v) is 16.3. The molecule has 47 heavy (non-hydrogen) atoms. The number of nitrogens with one attached hydrogen (secondary N) is 3. The number of carbonyl (C=O) groups excluding carboxylic acids is 2. The van der Waals surface area contributed by atoms with E-state index in [1.807, 2.05) is 59.5 Å². The van der Waals surface area contributed by atoms with Crippen molar-refractivity contribution in [1.82, 2.24) is 20.9 Å². The van der Waals surface area contributed by atoms with Gasteiger partial charge in [-0.25, -0.2) is 0 Å². The Labute approximate surface area is 301 Å². The predicted molar refractivity (Wildman–Crippen MR) is 196 cm³/mol. The number of rotatable bonds is 9. The van der Waals surface area contributed by atoms with E-state index < -0.39 is 6.04 Å². The first-order chi connectivity index (χ1) is 21.5. The number of hydrogen-bond acceptors (Lipinski definition) is 6. The molecule has 256 valence electrons. The van der Waals surface area contributed by atoms with E-state index in [0.29, 0.717) is 37.6 Å². The van der Waals surface area contributed by atoms with Crippen LogP contribution in [0.25, 0.3) is 0 Å². The van der Waals surface area contributed by atoms with Gasteiger partial charge in [0, 0.05) is 56.6 Å². The SMILES string of the molecule is Cl.Cl.Cl.O=C(CC1NCCc2ccccc21)N[C@H](Cc1ccc(Cl)cc1)C(=O)N1CCN(c2ccccc2O[C@@H]2CCCNC2)CC1. The number of carbonyl (C=O) groups is 2. The van der Waals surface area contributed by atoms with Gasteiger partial charge in [0.25, 0.3) is 0 Å². The van der Waals surface area contributed by atoms with Crippen LogP contribution in [0.4, 0.5) is 5.69 Å². The fourth-order valence-corrected chi connectivity index (χ4v) is 6.70. The van der Waals surface area contributed by atoms with E-state index >= 15 is 0 Å². The van der Waals surface area contributed by atoms with Crippen LogP contribution < -0.4 is 25.6 Å². The van der Waals surface area contributed by atoms with E-state index in [0.717, 1.165) is 61.5 Å². The molecule has 0 saturated carbocycles. The number of amides is 2. The number of fused-ring (bicyclic) bond motifs is 1. The van der Waals surface area contributed by atoms with Gasteiger partial charge in [-0.3, -0.25) is 9.59 Å². The summed E-state index contributed by atoms with van der Waals surface area (Å²) in [5.74, 6) is 0.711. The minimum absolute atomic E-state index is 0. The van der Waals surface area contributed by atoms with E-state index in [9.17, 15) is 9.59 Å². The number of hydrogen-bond donors (Lipinski definition) is 3. The average Bonchev–Trinajstić information content (AvgIpc) is 3.06. The zero-order valence-corrected chi connectivity index (χ0v) is 29.6. The Balaban J connectivity index is 0.00000200. The van der Waals surface area contributed by atoms with Gasteiger partial charge in [0.1, 0.15) is 17.9 Å². The Bertz CT molecular complexity index is 1430. The Hall–Kier alpha value is -2.72. The topological polar surface area (TPSA) is 85.9 Å². The lowest BCUT2D eigenvalue weighted by Gasteiger charge is -2.38. The molecule has 0 aromatic heterocycles. The molecule has 2 fully saturated rings. The van der Waals surface area contributed by atoms with Crippen LogP contribution in [0, 0.1) is 0 Å². The first kappa shape index (κ1) is 38.7. The number of para-hydroxylation sites is 2. The largest absolute Gasteiger partial charge is 0.487 e. The fourth-order valence-electron chi connectivity index (χ4n) is 6.58. The maximum absolute atomic E-state index is 14.0. The Morgan fingerprint density at radius 1 is 0.915 bits per heavy atom. The van der Waals surface area contributed by atoms with Crippen molar-refractivity contribution in [3.05, 3.63) is 94.5 Å². The molecular formula is C35H45Cl4N5O3. The molecule has 1 unspecified atom stereocenters. The summed E-state index contributed by atoms with van der Waals surface area (Å²) in [5.41, 5.74) is 4.46. The van der Waals surface area contributed by atoms with Crippen LogP contribution in [0.15, 0.2) is 72.8 Å². The molecule has 0 bridgehead atoms. The molecular weight excluding hydrogens is 680 g/mol. The molecule has 3 heterocycles. The Kier molecular flexibility index (Phi) is 15.4. The second-order valence-electron chi connectivity index (χ2n) is 12.0. The van der Waals surface area contributed by atoms with Gasteiger partial charge in [-0.05, 0) is 73.3 Å². The molecule has 3 N–H and O–H groups in total. The smallest absolute Gasteiger partial charge is 0.245 e. The zero-order valence-electron chi connectivity index (χ0n) is 26.4. The van der Waals surface area contributed by atoms with Crippen LogP contribution in [-0.2, 0) is 22.4 Å². The fraction of sp³-hybridized carbons (Fsp3) is 0.429. The van der Waals surface area contributed by atoms with E-state index in [1.54, 1.807) is 0 Å². The van der Waals surface area contributed by atoms with Crippen LogP contribution in [0.2, 0.25) is 5.02 Å². The number of benzene rings is 3. The number of halogens is 4. The number of piperidine rings is 1. The Morgan fingerprint density at radius 3 is 2.38 bits per heavy atom. The molecule has 3 aliphatic rings. The predicted octanol–water partition coefficient (Wildman–Crippen LogP) is 5.39. The summed E-state index contributed by atoms with van der Waals surface area (Å²) >= 11 is 6.13. The minimum atomic E-state index is -0.663. The van der Waals surface area contributed by atoms with Crippen LogP contribution >= 0.6 is 48.8 Å². The van der Waals surface area contributed by atoms with Crippen molar-refractivity contribution in [2.24, 2.45) is 0 Å². The summed E-state index contributed by atoms with van der Waals surface area (Å²) in [6.45, 7) is 5.27. The van der Waals surface area contributed by atoms with Crippen LogP contribution in [0.3, 0.4) is 0 Å². The number of piperazine rings is 1. The highest BCUT2D eigenvalue weighted by atomic mass is 35.5. The van der Waals surface area contributed by atoms with Gasteiger partial charge >= 0.3 is 0 Å². The second-order valence-corrected chi connectivity index (χ2v) is 12.4. The molecule has 0 aliphatic carbocycles. The van der Waals surface area contributed by atoms with E-state index in [4.69, 9.17) is 16.3 Å². The van der Waals surface area contributed by atoms with E-state index in [2.05, 4.69) is 39.0 Å².